The van der Waals surface area contributed by atoms with Gasteiger partial charge in [-0.05, 0) is 19.3 Å². The molecule has 0 saturated heterocycles. The molecule has 0 unspecified atom stereocenters. The Labute approximate surface area is 66.0 Å². The molecule has 1 heterocycles. The van der Waals surface area contributed by atoms with E-state index in [-0.39, 0.29) is 0 Å². The average Bonchev–Trinajstić information content (AvgIpc) is 2.27. The lowest BCUT2D eigenvalue weighted by Crippen LogP contribution is -2.25. The molecule has 3 heteroatoms. The molecule has 1 aromatic rings. The van der Waals surface area contributed by atoms with Crippen LogP contribution in [0.1, 0.15) is 19.3 Å². The molecule has 2 rings (SSSR count). The highest BCUT2D eigenvalue weighted by Gasteiger charge is 2.19. The molecule has 11 heavy (non-hydrogen) atoms. The van der Waals surface area contributed by atoms with E-state index >= 15 is 0 Å². The Morgan fingerprint density at radius 3 is 2.91 bits per heavy atom. The molecule has 1 saturated carbocycles. The summed E-state index contributed by atoms with van der Waals surface area (Å²) in [6.07, 6.45) is 7.68. The number of aromatic nitrogens is 2. The van der Waals surface area contributed by atoms with Gasteiger partial charge in [-0.15, -0.1) is 0 Å². The van der Waals surface area contributed by atoms with Crippen molar-refractivity contribution >= 4 is 0 Å². The van der Waals surface area contributed by atoms with E-state index in [1.165, 1.54) is 19.3 Å². The largest absolute Gasteiger partial charge is 0.474 e. The molecule has 0 atom stereocenters. The van der Waals surface area contributed by atoms with Gasteiger partial charge in [0.25, 0.3) is 0 Å². The van der Waals surface area contributed by atoms with Crippen molar-refractivity contribution in [2.75, 3.05) is 0 Å². The van der Waals surface area contributed by atoms with Crippen LogP contribution in [0.15, 0.2) is 12.5 Å². The van der Waals surface area contributed by atoms with Gasteiger partial charge in [0, 0.05) is 7.05 Å². The van der Waals surface area contributed by atoms with E-state index < -0.39 is 0 Å². The molecule has 0 aromatic carbocycles. The van der Waals surface area contributed by atoms with Gasteiger partial charge in [-0.1, -0.05) is 0 Å². The molecule has 3 nitrogen and oxygen atoms in total. The van der Waals surface area contributed by atoms with E-state index in [9.17, 15) is 0 Å². The maximum Gasteiger partial charge on any atom is 0.213 e. The Balaban J connectivity index is 1.99. The Morgan fingerprint density at radius 1 is 1.64 bits per heavy atom. The summed E-state index contributed by atoms with van der Waals surface area (Å²) < 4.78 is 7.52. The lowest BCUT2D eigenvalue weighted by Gasteiger charge is -2.25. The van der Waals surface area contributed by atoms with Gasteiger partial charge in [0.05, 0.1) is 12.5 Å². The zero-order valence-corrected chi connectivity index (χ0v) is 6.66. The van der Waals surface area contributed by atoms with E-state index in [2.05, 4.69) is 4.98 Å². The molecule has 0 aliphatic heterocycles. The SMILES string of the molecule is Cn1cncc1OC1CCC1. The van der Waals surface area contributed by atoms with Crippen molar-refractivity contribution < 1.29 is 4.74 Å². The third-order valence-electron chi connectivity index (χ3n) is 2.11. The highest BCUT2D eigenvalue weighted by Crippen LogP contribution is 2.24. The second-order valence-electron chi connectivity index (χ2n) is 3.01. The number of imidazole rings is 1. The monoisotopic (exact) mass is 152 g/mol. The Kier molecular flexibility index (Phi) is 1.56. The zero-order valence-electron chi connectivity index (χ0n) is 6.66. The van der Waals surface area contributed by atoms with Crippen LogP contribution < -0.4 is 4.74 Å². The summed E-state index contributed by atoms with van der Waals surface area (Å²) >= 11 is 0. The quantitative estimate of drug-likeness (QED) is 0.639. The highest BCUT2D eigenvalue weighted by molar-refractivity contribution is 5.05. The molecule has 1 aliphatic rings. The fourth-order valence-corrected chi connectivity index (χ4v) is 1.12. The normalized spacial score (nSPS) is 17.9. The first-order valence-electron chi connectivity index (χ1n) is 3.99. The van der Waals surface area contributed by atoms with Gasteiger partial charge in [0.1, 0.15) is 6.10 Å². The maximum atomic E-state index is 5.62. The summed E-state index contributed by atoms with van der Waals surface area (Å²) in [7, 11) is 1.95. The van der Waals surface area contributed by atoms with Crippen LogP contribution in [-0.4, -0.2) is 15.7 Å². The summed E-state index contributed by atoms with van der Waals surface area (Å²) in [5.74, 6) is 0.884. The van der Waals surface area contributed by atoms with Crippen LogP contribution >= 0.6 is 0 Å². The van der Waals surface area contributed by atoms with Crippen molar-refractivity contribution in [3.63, 3.8) is 0 Å². The van der Waals surface area contributed by atoms with Crippen LogP contribution in [0.4, 0.5) is 0 Å². The first kappa shape index (κ1) is 6.70. The number of hydrogen-bond acceptors (Lipinski definition) is 2. The molecule has 1 fully saturated rings. The smallest absolute Gasteiger partial charge is 0.213 e. The van der Waals surface area contributed by atoms with Crippen LogP contribution in [0, 0.1) is 0 Å². The molecular weight excluding hydrogens is 140 g/mol. The topological polar surface area (TPSA) is 27.1 Å². The summed E-state index contributed by atoms with van der Waals surface area (Å²) in [4.78, 5) is 3.97. The lowest BCUT2D eigenvalue weighted by atomic mass is 9.96. The van der Waals surface area contributed by atoms with Crippen molar-refractivity contribution in [2.45, 2.75) is 25.4 Å². The standard InChI is InChI=1S/C8H12N2O/c1-10-6-9-5-8(10)11-7-3-2-4-7/h5-7H,2-4H2,1H3. The van der Waals surface area contributed by atoms with Crippen molar-refractivity contribution in [1.29, 1.82) is 0 Å². The van der Waals surface area contributed by atoms with Crippen molar-refractivity contribution in [2.24, 2.45) is 7.05 Å². The van der Waals surface area contributed by atoms with E-state index in [0.29, 0.717) is 6.10 Å². The van der Waals surface area contributed by atoms with Gasteiger partial charge in [0.15, 0.2) is 0 Å². The predicted molar refractivity (Wildman–Crippen MR) is 41.5 cm³/mol. The highest BCUT2D eigenvalue weighted by atomic mass is 16.5. The van der Waals surface area contributed by atoms with Crippen molar-refractivity contribution in [3.8, 4) is 5.88 Å². The minimum Gasteiger partial charge on any atom is -0.474 e. The summed E-state index contributed by atoms with van der Waals surface area (Å²) in [5.41, 5.74) is 0. The van der Waals surface area contributed by atoms with Crippen LogP contribution in [0.25, 0.3) is 0 Å². The fourth-order valence-electron chi connectivity index (χ4n) is 1.12. The van der Waals surface area contributed by atoms with E-state index in [1.54, 1.807) is 12.5 Å². The van der Waals surface area contributed by atoms with Crippen LogP contribution in [-0.2, 0) is 7.05 Å². The molecule has 60 valence electrons. The number of hydrogen-bond donors (Lipinski definition) is 0. The lowest BCUT2D eigenvalue weighted by molar-refractivity contribution is 0.110. The minimum absolute atomic E-state index is 0.449. The van der Waals surface area contributed by atoms with Crippen molar-refractivity contribution in [1.82, 2.24) is 9.55 Å². The molecule has 0 amide bonds. The Bertz CT molecular complexity index is 240. The Morgan fingerprint density at radius 2 is 2.45 bits per heavy atom. The summed E-state index contributed by atoms with van der Waals surface area (Å²) in [5, 5.41) is 0. The minimum atomic E-state index is 0.449. The van der Waals surface area contributed by atoms with E-state index in [4.69, 9.17) is 4.74 Å². The van der Waals surface area contributed by atoms with Gasteiger partial charge in [-0.3, -0.25) is 0 Å². The first-order valence-corrected chi connectivity index (χ1v) is 3.99. The molecule has 0 spiro atoms. The maximum absolute atomic E-state index is 5.62. The summed E-state index contributed by atoms with van der Waals surface area (Å²) in [6.45, 7) is 0. The molecule has 0 bridgehead atoms. The third kappa shape index (κ3) is 1.23. The van der Waals surface area contributed by atoms with Crippen LogP contribution in [0.5, 0.6) is 5.88 Å². The third-order valence-corrected chi connectivity index (χ3v) is 2.11. The number of rotatable bonds is 2. The number of aryl methyl sites for hydroxylation is 1. The molecular formula is C8H12N2O. The van der Waals surface area contributed by atoms with Gasteiger partial charge in [-0.25, -0.2) is 4.98 Å². The Hall–Kier alpha value is -0.990. The van der Waals surface area contributed by atoms with Crippen LogP contribution in [0.3, 0.4) is 0 Å². The molecule has 0 N–H and O–H groups in total. The van der Waals surface area contributed by atoms with Crippen LogP contribution in [0.2, 0.25) is 0 Å². The predicted octanol–water partition coefficient (Wildman–Crippen LogP) is 1.35. The van der Waals surface area contributed by atoms with E-state index in [1.807, 2.05) is 11.6 Å². The molecule has 1 aliphatic carbocycles. The fraction of sp³-hybridized carbons (Fsp3) is 0.625. The number of nitrogens with zero attached hydrogens (tertiary/aromatic N) is 2. The molecule has 0 radical (unpaired) electrons. The van der Waals surface area contributed by atoms with Gasteiger partial charge in [-0.2, -0.15) is 0 Å². The second kappa shape index (κ2) is 2.57. The van der Waals surface area contributed by atoms with Gasteiger partial charge >= 0.3 is 0 Å². The summed E-state index contributed by atoms with van der Waals surface area (Å²) in [6, 6.07) is 0. The second-order valence-corrected chi connectivity index (χ2v) is 3.01. The van der Waals surface area contributed by atoms with E-state index in [0.717, 1.165) is 5.88 Å². The molecule has 1 aromatic heterocycles. The first-order chi connectivity index (χ1) is 5.36. The van der Waals surface area contributed by atoms with Crippen molar-refractivity contribution in [3.05, 3.63) is 12.5 Å². The zero-order chi connectivity index (χ0) is 7.68. The van der Waals surface area contributed by atoms with Gasteiger partial charge in [0.2, 0.25) is 5.88 Å². The van der Waals surface area contributed by atoms with Gasteiger partial charge < -0.3 is 9.30 Å². The number of ether oxygens (including phenoxy) is 1. The average molecular weight is 152 g/mol.